The number of hydrogen-bond acceptors (Lipinski definition) is 3. The zero-order valence-electron chi connectivity index (χ0n) is 18.6. The molecule has 8 heteroatoms. The third-order valence-corrected chi connectivity index (χ3v) is 7.30. The van der Waals surface area contributed by atoms with Gasteiger partial charge in [-0.2, -0.15) is 0 Å². The van der Waals surface area contributed by atoms with Crippen LogP contribution in [0.25, 0.3) is 0 Å². The van der Waals surface area contributed by atoms with Crippen LogP contribution in [0.2, 0.25) is 10.0 Å². The van der Waals surface area contributed by atoms with Gasteiger partial charge < -0.3 is 10.2 Å². The number of halogens is 3. The van der Waals surface area contributed by atoms with E-state index in [0.29, 0.717) is 28.8 Å². The van der Waals surface area contributed by atoms with E-state index in [1.165, 1.54) is 11.8 Å². The van der Waals surface area contributed by atoms with E-state index in [2.05, 4.69) is 21.2 Å². The van der Waals surface area contributed by atoms with Crippen molar-refractivity contribution in [3.8, 4) is 0 Å². The Hall–Kier alpha value is -1.99. The fourth-order valence-electron chi connectivity index (χ4n) is 3.52. The van der Waals surface area contributed by atoms with Crippen LogP contribution in [-0.4, -0.2) is 35.6 Å². The predicted molar refractivity (Wildman–Crippen MR) is 145 cm³/mol. The zero-order chi connectivity index (χ0) is 24.5. The fraction of sp³-hybridized carbons (Fsp3) is 0.231. The van der Waals surface area contributed by atoms with Gasteiger partial charge in [0.1, 0.15) is 6.04 Å². The van der Waals surface area contributed by atoms with Crippen LogP contribution in [0.4, 0.5) is 0 Å². The number of carbonyl (C=O) groups is 2. The van der Waals surface area contributed by atoms with Gasteiger partial charge in [-0.25, -0.2) is 0 Å². The van der Waals surface area contributed by atoms with Crippen LogP contribution < -0.4 is 5.32 Å². The number of amides is 2. The van der Waals surface area contributed by atoms with Gasteiger partial charge in [0.25, 0.3) is 0 Å². The lowest BCUT2D eigenvalue weighted by Crippen LogP contribution is -2.50. The highest BCUT2D eigenvalue weighted by Gasteiger charge is 2.29. The summed E-state index contributed by atoms with van der Waals surface area (Å²) in [5, 5.41) is 3.88. The summed E-state index contributed by atoms with van der Waals surface area (Å²) in [6, 6.07) is 22.2. The van der Waals surface area contributed by atoms with Gasteiger partial charge in [0, 0.05) is 40.3 Å². The van der Waals surface area contributed by atoms with Gasteiger partial charge in [0.2, 0.25) is 11.8 Å². The van der Waals surface area contributed by atoms with Crippen LogP contribution in [0.3, 0.4) is 0 Å². The second kappa shape index (κ2) is 13.2. The summed E-state index contributed by atoms with van der Waals surface area (Å²) < 4.78 is 0.920. The van der Waals surface area contributed by atoms with Crippen LogP contribution in [0.15, 0.2) is 77.3 Å². The minimum Gasteiger partial charge on any atom is -0.357 e. The number of thioether (sulfide) groups is 1. The summed E-state index contributed by atoms with van der Waals surface area (Å²) in [5.74, 6) is 0.475. The maximum absolute atomic E-state index is 13.5. The molecule has 3 aromatic rings. The smallest absolute Gasteiger partial charge is 0.242 e. The van der Waals surface area contributed by atoms with Crippen molar-refractivity contribution in [1.82, 2.24) is 10.2 Å². The molecule has 3 rings (SSSR count). The van der Waals surface area contributed by atoms with Crippen LogP contribution in [0.5, 0.6) is 0 Å². The quantitative estimate of drug-likeness (QED) is 0.303. The van der Waals surface area contributed by atoms with E-state index in [1.54, 1.807) is 24.1 Å². The lowest BCUT2D eigenvalue weighted by atomic mass is 10.0. The van der Waals surface area contributed by atoms with Gasteiger partial charge in [0.15, 0.2) is 0 Å². The summed E-state index contributed by atoms with van der Waals surface area (Å²) in [6.45, 7) is 0.325. The molecule has 34 heavy (non-hydrogen) atoms. The zero-order valence-corrected chi connectivity index (χ0v) is 22.6. The molecule has 1 atom stereocenters. The molecular formula is C26H25BrCl2N2O2S. The van der Waals surface area contributed by atoms with Crippen molar-refractivity contribution in [1.29, 1.82) is 0 Å². The molecule has 1 N–H and O–H groups in total. The molecule has 0 aliphatic carbocycles. The lowest BCUT2D eigenvalue weighted by Gasteiger charge is -2.31. The molecule has 0 heterocycles. The van der Waals surface area contributed by atoms with E-state index in [0.717, 1.165) is 21.2 Å². The number of rotatable bonds is 10. The van der Waals surface area contributed by atoms with Crippen molar-refractivity contribution in [3.05, 3.63) is 104 Å². The molecular weight excluding hydrogens is 555 g/mol. The Morgan fingerprint density at radius 3 is 2.41 bits per heavy atom. The maximum Gasteiger partial charge on any atom is 0.242 e. The van der Waals surface area contributed by atoms with Crippen molar-refractivity contribution >= 4 is 62.7 Å². The summed E-state index contributed by atoms with van der Waals surface area (Å²) in [6.07, 6.45) is 0.425. The minimum atomic E-state index is -0.640. The number of benzene rings is 3. The monoisotopic (exact) mass is 578 g/mol. The van der Waals surface area contributed by atoms with Crippen molar-refractivity contribution in [2.75, 3.05) is 12.8 Å². The standard InChI is InChI=1S/C26H25BrCl2N2O2S/c1-30-26(33)24(13-18-6-3-2-4-7-18)31(15-19-8-5-9-21(27)12-19)25(32)17-34-16-20-10-11-22(28)14-23(20)29/h2-12,14,24H,13,15-17H2,1H3,(H,30,33)/t24-/m1/s1. The van der Waals surface area contributed by atoms with Crippen LogP contribution in [0.1, 0.15) is 16.7 Å². The molecule has 4 nitrogen and oxygen atoms in total. The second-order valence-corrected chi connectivity index (χ2v) is 10.4. The molecule has 0 bridgehead atoms. The lowest BCUT2D eigenvalue weighted by molar-refractivity contribution is -0.139. The van der Waals surface area contributed by atoms with Crippen molar-refractivity contribution in [2.24, 2.45) is 0 Å². The first-order valence-corrected chi connectivity index (χ1v) is 13.4. The summed E-state index contributed by atoms with van der Waals surface area (Å²) in [5.41, 5.74) is 2.84. The van der Waals surface area contributed by atoms with E-state index in [-0.39, 0.29) is 17.6 Å². The molecule has 0 fully saturated rings. The van der Waals surface area contributed by atoms with Crippen LogP contribution in [0, 0.1) is 0 Å². The Morgan fingerprint density at radius 1 is 1.00 bits per heavy atom. The first-order chi connectivity index (χ1) is 16.4. The number of nitrogens with zero attached hydrogens (tertiary/aromatic N) is 1. The average molecular weight is 580 g/mol. The van der Waals surface area contributed by atoms with Crippen LogP contribution >= 0.6 is 50.9 Å². The highest BCUT2D eigenvalue weighted by Crippen LogP contribution is 2.25. The van der Waals surface area contributed by atoms with E-state index < -0.39 is 6.04 Å². The van der Waals surface area contributed by atoms with Gasteiger partial charge in [-0.05, 0) is 41.0 Å². The molecule has 0 saturated heterocycles. The molecule has 0 aliphatic rings. The third kappa shape index (κ3) is 7.77. The fourth-order valence-corrected chi connectivity index (χ4v) is 5.44. The Labute approximate surface area is 223 Å². The van der Waals surface area contributed by atoms with E-state index >= 15 is 0 Å². The Balaban J connectivity index is 1.81. The molecule has 3 aromatic carbocycles. The predicted octanol–water partition coefficient (Wildman–Crippen LogP) is 6.38. The number of nitrogens with one attached hydrogen (secondary N) is 1. The summed E-state index contributed by atoms with van der Waals surface area (Å²) >= 11 is 17.2. The summed E-state index contributed by atoms with van der Waals surface area (Å²) in [4.78, 5) is 28.1. The highest BCUT2D eigenvalue weighted by molar-refractivity contribution is 9.10. The van der Waals surface area contributed by atoms with Crippen molar-refractivity contribution in [3.63, 3.8) is 0 Å². The second-order valence-electron chi connectivity index (χ2n) is 7.70. The average Bonchev–Trinajstić information content (AvgIpc) is 2.83. The molecule has 0 unspecified atom stereocenters. The van der Waals surface area contributed by atoms with Gasteiger partial charge in [0.05, 0.1) is 5.75 Å². The molecule has 0 spiro atoms. The molecule has 0 saturated carbocycles. The Bertz CT molecular complexity index is 1130. The van der Waals surface area contributed by atoms with E-state index in [4.69, 9.17) is 23.2 Å². The largest absolute Gasteiger partial charge is 0.357 e. The summed E-state index contributed by atoms with van der Waals surface area (Å²) in [7, 11) is 1.60. The normalized spacial score (nSPS) is 11.6. The number of likely N-dealkylation sites (N-methyl/N-ethyl adjacent to an activating group) is 1. The van der Waals surface area contributed by atoms with Crippen molar-refractivity contribution in [2.45, 2.75) is 24.8 Å². The van der Waals surface area contributed by atoms with Gasteiger partial charge in [-0.1, -0.05) is 87.7 Å². The highest BCUT2D eigenvalue weighted by atomic mass is 79.9. The molecule has 0 aliphatic heterocycles. The first kappa shape index (κ1) is 26.6. The van der Waals surface area contributed by atoms with Gasteiger partial charge in [-0.15, -0.1) is 11.8 Å². The van der Waals surface area contributed by atoms with E-state index in [9.17, 15) is 9.59 Å². The maximum atomic E-state index is 13.5. The minimum absolute atomic E-state index is 0.111. The topological polar surface area (TPSA) is 49.4 Å². The van der Waals surface area contributed by atoms with E-state index in [1.807, 2.05) is 60.7 Å². The Kier molecular flexibility index (Phi) is 10.3. The first-order valence-electron chi connectivity index (χ1n) is 10.7. The van der Waals surface area contributed by atoms with Gasteiger partial charge in [-0.3, -0.25) is 9.59 Å². The molecule has 2 amide bonds. The number of carbonyl (C=O) groups excluding carboxylic acids is 2. The molecule has 0 radical (unpaired) electrons. The molecule has 178 valence electrons. The SMILES string of the molecule is CNC(=O)[C@@H](Cc1ccccc1)N(Cc1cccc(Br)c1)C(=O)CSCc1ccc(Cl)cc1Cl. The number of hydrogen-bond donors (Lipinski definition) is 1. The van der Waals surface area contributed by atoms with Crippen LogP contribution in [-0.2, 0) is 28.3 Å². The Morgan fingerprint density at radius 2 is 1.74 bits per heavy atom. The van der Waals surface area contributed by atoms with Gasteiger partial charge >= 0.3 is 0 Å². The van der Waals surface area contributed by atoms with Crippen molar-refractivity contribution < 1.29 is 9.59 Å². The third-order valence-electron chi connectivity index (χ3n) is 5.26. The molecule has 0 aromatic heterocycles.